The van der Waals surface area contributed by atoms with Gasteiger partial charge in [-0.25, -0.2) is 9.59 Å². The molecule has 0 bridgehead atoms. The predicted octanol–water partition coefficient (Wildman–Crippen LogP) is 4.16. The summed E-state index contributed by atoms with van der Waals surface area (Å²) >= 11 is 0. The molecule has 0 saturated heterocycles. The second-order valence-corrected chi connectivity index (χ2v) is 8.57. The molecule has 1 aliphatic rings. The number of nitrogens with zero attached hydrogens (tertiary/aromatic N) is 1. The highest BCUT2D eigenvalue weighted by atomic mass is 16.4. The number of carboxylic acid groups (broad SMARTS) is 1. The maximum atomic E-state index is 13.1. The second kappa shape index (κ2) is 8.19. The van der Waals surface area contributed by atoms with Crippen LogP contribution < -0.4 is 11.2 Å². The summed E-state index contributed by atoms with van der Waals surface area (Å²) in [4.78, 5) is 39.3. The van der Waals surface area contributed by atoms with Crippen LogP contribution in [0.5, 0.6) is 0 Å². The average molecular weight is 454 g/mol. The van der Waals surface area contributed by atoms with E-state index in [1.165, 1.54) is 16.7 Å². The Bertz CT molecular complexity index is 1530. The van der Waals surface area contributed by atoms with Crippen LogP contribution in [0.2, 0.25) is 0 Å². The van der Waals surface area contributed by atoms with Crippen LogP contribution in [0.4, 0.5) is 0 Å². The number of carbonyl (C=O) groups is 1. The fourth-order valence-corrected chi connectivity index (χ4v) is 4.48. The molecule has 2 heterocycles. The van der Waals surface area contributed by atoms with Crippen LogP contribution in [-0.4, -0.2) is 20.6 Å². The molecule has 0 radical (unpaired) electrons. The molecule has 170 valence electrons. The van der Waals surface area contributed by atoms with E-state index in [2.05, 4.69) is 29.3 Å². The topological polar surface area (TPSA) is 105 Å². The maximum absolute atomic E-state index is 13.1. The Balaban J connectivity index is 1.69. The number of aryl methyl sites for hydroxylation is 2. The van der Waals surface area contributed by atoms with Gasteiger partial charge in [0, 0.05) is 17.7 Å². The SMILES string of the molecule is Cc1ccc2c(c1)C=Cc1cc(C)ccc1C2c1cn(Cc2ccc(C(=O)O)o2)c(=O)[nH]c1=O. The highest BCUT2D eigenvalue weighted by Gasteiger charge is 2.27. The third kappa shape index (κ3) is 3.81. The first-order chi connectivity index (χ1) is 16.3. The third-order valence-corrected chi connectivity index (χ3v) is 6.10. The lowest BCUT2D eigenvalue weighted by molar-refractivity contribution is 0.0660. The largest absolute Gasteiger partial charge is 0.475 e. The number of hydrogen-bond donors (Lipinski definition) is 2. The highest BCUT2D eigenvalue weighted by Crippen LogP contribution is 2.38. The van der Waals surface area contributed by atoms with Gasteiger partial charge in [-0.1, -0.05) is 59.7 Å². The molecule has 0 fully saturated rings. The van der Waals surface area contributed by atoms with E-state index in [-0.39, 0.29) is 12.3 Å². The zero-order valence-corrected chi connectivity index (χ0v) is 18.7. The van der Waals surface area contributed by atoms with E-state index in [1.54, 1.807) is 6.20 Å². The van der Waals surface area contributed by atoms with Gasteiger partial charge in [0.25, 0.3) is 5.56 Å². The molecule has 7 heteroatoms. The molecule has 5 rings (SSSR count). The number of aromatic amines is 1. The first-order valence-corrected chi connectivity index (χ1v) is 10.8. The normalized spacial score (nSPS) is 12.8. The quantitative estimate of drug-likeness (QED) is 0.424. The fraction of sp³-hybridized carbons (Fsp3) is 0.148. The Morgan fingerprint density at radius 3 is 2.12 bits per heavy atom. The standard InChI is InChI=1S/C27H22N2O5/c1-15-3-8-20-17(11-15)5-6-18-12-16(2)4-9-21(18)24(20)22-14-29(27(33)28-25(22)30)13-19-7-10-23(34-19)26(31)32/h3-12,14,24H,13H2,1-2H3,(H,31,32)(H,28,30,33). The van der Waals surface area contributed by atoms with Gasteiger partial charge in [-0.2, -0.15) is 0 Å². The van der Waals surface area contributed by atoms with Gasteiger partial charge in [-0.15, -0.1) is 0 Å². The molecule has 1 aliphatic carbocycles. The van der Waals surface area contributed by atoms with Gasteiger partial charge in [-0.05, 0) is 48.2 Å². The highest BCUT2D eigenvalue weighted by molar-refractivity contribution is 5.84. The molecule has 0 aliphatic heterocycles. The van der Waals surface area contributed by atoms with Gasteiger partial charge >= 0.3 is 11.7 Å². The lowest BCUT2D eigenvalue weighted by atomic mass is 9.82. The van der Waals surface area contributed by atoms with Gasteiger partial charge in [-0.3, -0.25) is 14.3 Å². The summed E-state index contributed by atoms with van der Waals surface area (Å²) in [5.74, 6) is -1.50. The van der Waals surface area contributed by atoms with Gasteiger partial charge in [0.15, 0.2) is 0 Å². The van der Waals surface area contributed by atoms with Crippen molar-refractivity contribution in [3.8, 4) is 0 Å². The number of benzene rings is 2. The zero-order valence-electron chi connectivity index (χ0n) is 18.7. The molecule has 0 atom stereocenters. The van der Waals surface area contributed by atoms with E-state index in [1.807, 2.05) is 38.1 Å². The molecule has 2 N–H and O–H groups in total. The minimum Gasteiger partial charge on any atom is -0.475 e. The summed E-state index contributed by atoms with van der Waals surface area (Å²) in [6.07, 6.45) is 5.66. The van der Waals surface area contributed by atoms with Crippen LogP contribution in [-0.2, 0) is 6.54 Å². The van der Waals surface area contributed by atoms with Crippen LogP contribution >= 0.6 is 0 Å². The van der Waals surface area contributed by atoms with Crippen LogP contribution in [0.1, 0.15) is 61.2 Å². The number of fused-ring (bicyclic) bond motifs is 2. The first kappa shape index (κ1) is 21.5. The van der Waals surface area contributed by atoms with E-state index in [4.69, 9.17) is 9.52 Å². The minimum atomic E-state index is -1.19. The molecule has 34 heavy (non-hydrogen) atoms. The van der Waals surface area contributed by atoms with Crippen LogP contribution in [0, 0.1) is 13.8 Å². The fourth-order valence-electron chi connectivity index (χ4n) is 4.48. The first-order valence-electron chi connectivity index (χ1n) is 10.8. The summed E-state index contributed by atoms with van der Waals surface area (Å²) in [5, 5.41) is 9.11. The lowest BCUT2D eigenvalue weighted by Gasteiger charge is -2.21. The molecule has 7 nitrogen and oxygen atoms in total. The van der Waals surface area contributed by atoms with Crippen molar-refractivity contribution < 1.29 is 14.3 Å². The monoisotopic (exact) mass is 454 g/mol. The number of aromatic carboxylic acids is 1. The molecule has 0 saturated carbocycles. The Morgan fingerprint density at radius 1 is 0.941 bits per heavy atom. The van der Waals surface area contributed by atoms with Crippen molar-refractivity contribution in [2.75, 3.05) is 0 Å². The van der Waals surface area contributed by atoms with Crippen molar-refractivity contribution >= 4 is 18.1 Å². The summed E-state index contributed by atoms with van der Waals surface area (Å²) in [7, 11) is 0. The number of rotatable bonds is 4. The van der Waals surface area contributed by atoms with Crippen molar-refractivity contribution in [2.24, 2.45) is 0 Å². The average Bonchev–Trinajstić information content (AvgIpc) is 3.20. The van der Waals surface area contributed by atoms with Crippen LogP contribution in [0.15, 0.2) is 68.7 Å². The molecular formula is C27H22N2O5. The molecule has 0 spiro atoms. The van der Waals surface area contributed by atoms with E-state index < -0.39 is 23.1 Å². The van der Waals surface area contributed by atoms with E-state index >= 15 is 0 Å². The summed E-state index contributed by atoms with van der Waals surface area (Å²) in [5.41, 5.74) is 5.52. The molecule has 0 amide bonds. The van der Waals surface area contributed by atoms with Gasteiger partial charge in [0.1, 0.15) is 5.76 Å². The second-order valence-electron chi connectivity index (χ2n) is 8.57. The Morgan fingerprint density at radius 2 is 1.56 bits per heavy atom. The Hall–Kier alpha value is -4.39. The summed E-state index contributed by atoms with van der Waals surface area (Å²) in [6.45, 7) is 4.03. The Kier molecular flexibility index (Phi) is 5.17. The predicted molar refractivity (Wildman–Crippen MR) is 128 cm³/mol. The number of aromatic nitrogens is 2. The van der Waals surface area contributed by atoms with Gasteiger partial charge < -0.3 is 9.52 Å². The number of H-pyrrole nitrogens is 1. The van der Waals surface area contributed by atoms with Crippen molar-refractivity contribution in [3.05, 3.63) is 126 Å². The molecule has 4 aromatic rings. The number of carboxylic acids is 1. The van der Waals surface area contributed by atoms with Crippen molar-refractivity contribution in [1.29, 1.82) is 0 Å². The van der Waals surface area contributed by atoms with Crippen LogP contribution in [0.3, 0.4) is 0 Å². The van der Waals surface area contributed by atoms with Gasteiger partial charge in [0.2, 0.25) is 5.76 Å². The molecule has 2 aromatic carbocycles. The van der Waals surface area contributed by atoms with E-state index in [0.29, 0.717) is 11.3 Å². The number of nitrogens with one attached hydrogen (secondary N) is 1. The summed E-state index contributed by atoms with van der Waals surface area (Å²) in [6, 6.07) is 15.1. The smallest absolute Gasteiger partial charge is 0.371 e. The lowest BCUT2D eigenvalue weighted by Crippen LogP contribution is -2.33. The summed E-state index contributed by atoms with van der Waals surface area (Å²) < 4.78 is 6.65. The number of furan rings is 1. The maximum Gasteiger partial charge on any atom is 0.371 e. The van der Waals surface area contributed by atoms with E-state index in [0.717, 1.165) is 33.4 Å². The van der Waals surface area contributed by atoms with E-state index in [9.17, 15) is 14.4 Å². The van der Waals surface area contributed by atoms with Crippen molar-refractivity contribution in [1.82, 2.24) is 9.55 Å². The van der Waals surface area contributed by atoms with Crippen molar-refractivity contribution in [3.63, 3.8) is 0 Å². The minimum absolute atomic E-state index is 0.0115. The molecular weight excluding hydrogens is 432 g/mol. The molecule has 0 unspecified atom stereocenters. The van der Waals surface area contributed by atoms with Crippen molar-refractivity contribution in [2.45, 2.75) is 26.3 Å². The van der Waals surface area contributed by atoms with Gasteiger partial charge in [0.05, 0.1) is 6.54 Å². The zero-order chi connectivity index (χ0) is 24.0. The van der Waals surface area contributed by atoms with Crippen LogP contribution in [0.25, 0.3) is 12.2 Å². The number of hydrogen-bond acceptors (Lipinski definition) is 4. The Labute approximate surface area is 194 Å². The molecule has 2 aromatic heterocycles. The third-order valence-electron chi connectivity index (χ3n) is 6.10.